The van der Waals surface area contributed by atoms with E-state index in [2.05, 4.69) is 76.2 Å². The Hall–Kier alpha value is -0.860. The van der Waals surface area contributed by atoms with Gasteiger partial charge >= 0.3 is 5.97 Å². The van der Waals surface area contributed by atoms with Crippen molar-refractivity contribution in [3.63, 3.8) is 0 Å². The third-order valence-corrected chi connectivity index (χ3v) is 7.05. The van der Waals surface area contributed by atoms with Crippen molar-refractivity contribution in [2.75, 3.05) is 0 Å². The molecule has 0 aromatic rings. The highest BCUT2D eigenvalue weighted by molar-refractivity contribution is 5.83. The quantitative estimate of drug-likeness (QED) is 0.432. The number of esters is 1. The van der Waals surface area contributed by atoms with E-state index in [1.165, 1.54) is 6.92 Å². The Kier molecular flexibility index (Phi) is 7.99. The molecule has 0 bridgehead atoms. The molecule has 0 aliphatic heterocycles. The molecule has 160 valence electrons. The van der Waals surface area contributed by atoms with Gasteiger partial charge in [0.25, 0.3) is 0 Å². The van der Waals surface area contributed by atoms with Crippen LogP contribution in [-0.4, -0.2) is 17.9 Å². The van der Waals surface area contributed by atoms with Gasteiger partial charge in [0.2, 0.25) is 0 Å². The molecule has 0 radical (unpaired) electrons. The van der Waals surface area contributed by atoms with Crippen LogP contribution in [-0.2, 0) is 14.3 Å². The topological polar surface area (TPSA) is 43.4 Å². The number of ether oxygens (including phenoxy) is 1. The molecule has 0 spiro atoms. The maximum absolute atomic E-state index is 13.0. The summed E-state index contributed by atoms with van der Waals surface area (Å²) in [5.74, 6) is 0.00240. The first-order chi connectivity index (χ1) is 11.7. The monoisotopic (exact) mass is 382 g/mol. The summed E-state index contributed by atoms with van der Waals surface area (Å²) >= 11 is 0. The highest BCUT2D eigenvalue weighted by atomic mass is 16.5. The summed E-state index contributed by atoms with van der Waals surface area (Å²) < 4.78 is 5.74. The van der Waals surface area contributed by atoms with E-state index >= 15 is 0 Å². The van der Waals surface area contributed by atoms with Crippen LogP contribution >= 0.6 is 0 Å². The molecule has 0 rings (SSSR count). The standard InChI is InChI=1S/C24H46O3/c1-14-24(13,23(12,17(2)25)16-20(4,5)6)22(10,11)15-19(21(7,8)9)27-18(3)26/h19H,14-16H2,1-13H3. The van der Waals surface area contributed by atoms with Crippen LogP contribution in [0.4, 0.5) is 0 Å². The van der Waals surface area contributed by atoms with E-state index in [4.69, 9.17) is 4.74 Å². The van der Waals surface area contributed by atoms with Crippen molar-refractivity contribution in [3.8, 4) is 0 Å². The lowest BCUT2D eigenvalue weighted by atomic mass is 9.46. The van der Waals surface area contributed by atoms with Gasteiger partial charge in [0, 0.05) is 12.3 Å². The van der Waals surface area contributed by atoms with Crippen LogP contribution in [0.2, 0.25) is 0 Å². The Labute approximate surface area is 169 Å². The fourth-order valence-electron chi connectivity index (χ4n) is 4.80. The summed E-state index contributed by atoms with van der Waals surface area (Å²) in [6.45, 7) is 27.2. The summed E-state index contributed by atoms with van der Waals surface area (Å²) in [6.07, 6.45) is 2.26. The smallest absolute Gasteiger partial charge is 0.302 e. The molecule has 3 nitrogen and oxygen atoms in total. The SMILES string of the molecule is CCC(C)(C(C)(C)CC(OC(C)=O)C(C)(C)C)C(C)(CC(C)(C)C)C(C)=O. The lowest BCUT2D eigenvalue weighted by molar-refractivity contribution is -0.164. The van der Waals surface area contributed by atoms with Gasteiger partial charge in [-0.1, -0.05) is 76.2 Å². The fourth-order valence-corrected chi connectivity index (χ4v) is 4.80. The molecule has 0 fully saturated rings. The first-order valence-corrected chi connectivity index (χ1v) is 10.4. The molecule has 0 saturated carbocycles. The highest BCUT2D eigenvalue weighted by Gasteiger charge is 2.56. The van der Waals surface area contributed by atoms with E-state index in [0.29, 0.717) is 0 Å². The maximum Gasteiger partial charge on any atom is 0.302 e. The van der Waals surface area contributed by atoms with Gasteiger partial charge in [0.1, 0.15) is 11.9 Å². The number of ketones is 1. The molecular weight excluding hydrogens is 336 g/mol. The molecule has 0 saturated heterocycles. The van der Waals surface area contributed by atoms with E-state index in [-0.39, 0.29) is 39.5 Å². The van der Waals surface area contributed by atoms with Crippen molar-refractivity contribution < 1.29 is 14.3 Å². The Morgan fingerprint density at radius 3 is 1.56 bits per heavy atom. The molecule has 0 aliphatic carbocycles. The summed E-state index contributed by atoms with van der Waals surface area (Å²) in [6, 6.07) is 0. The molecule has 0 aromatic heterocycles. The third-order valence-electron chi connectivity index (χ3n) is 7.05. The number of rotatable bonds is 8. The molecule has 0 amide bonds. The van der Waals surface area contributed by atoms with Crippen LogP contribution in [0, 0.1) is 27.1 Å². The van der Waals surface area contributed by atoms with E-state index in [9.17, 15) is 9.59 Å². The summed E-state index contributed by atoms with van der Waals surface area (Å²) in [5, 5.41) is 0. The molecule has 0 N–H and O–H groups in total. The minimum atomic E-state index is -0.456. The van der Waals surface area contributed by atoms with Gasteiger partial charge in [-0.15, -0.1) is 0 Å². The Bertz CT molecular complexity index is 533. The largest absolute Gasteiger partial charge is 0.462 e. The molecule has 3 unspecified atom stereocenters. The van der Waals surface area contributed by atoms with E-state index in [1.807, 2.05) is 0 Å². The van der Waals surface area contributed by atoms with E-state index in [1.54, 1.807) is 6.92 Å². The maximum atomic E-state index is 13.0. The van der Waals surface area contributed by atoms with Crippen molar-refractivity contribution in [2.45, 2.75) is 115 Å². The van der Waals surface area contributed by atoms with Gasteiger partial charge in [-0.2, -0.15) is 0 Å². The normalized spacial score (nSPS) is 19.0. The van der Waals surface area contributed by atoms with Crippen molar-refractivity contribution in [1.29, 1.82) is 0 Å². The van der Waals surface area contributed by atoms with Crippen LogP contribution < -0.4 is 0 Å². The first-order valence-electron chi connectivity index (χ1n) is 10.4. The number of carbonyl (C=O) groups excluding carboxylic acids is 2. The van der Waals surface area contributed by atoms with Crippen LogP contribution in [0.25, 0.3) is 0 Å². The fraction of sp³-hybridized carbons (Fsp3) is 0.917. The Morgan fingerprint density at radius 1 is 0.852 bits per heavy atom. The Balaban J connectivity index is 6.24. The number of carbonyl (C=O) groups is 2. The molecule has 0 aliphatic rings. The van der Waals surface area contributed by atoms with Gasteiger partial charge in [-0.25, -0.2) is 0 Å². The first kappa shape index (κ1) is 26.1. The van der Waals surface area contributed by atoms with Gasteiger partial charge in [-0.3, -0.25) is 9.59 Å². The predicted octanol–water partition coefficient (Wildman–Crippen LogP) is 6.83. The van der Waals surface area contributed by atoms with E-state index in [0.717, 1.165) is 19.3 Å². The van der Waals surface area contributed by atoms with Crippen molar-refractivity contribution in [3.05, 3.63) is 0 Å². The summed E-state index contributed by atoms with van der Waals surface area (Å²) in [4.78, 5) is 24.7. The van der Waals surface area contributed by atoms with Crippen molar-refractivity contribution >= 4 is 11.8 Å². The Morgan fingerprint density at radius 2 is 1.30 bits per heavy atom. The predicted molar refractivity (Wildman–Crippen MR) is 115 cm³/mol. The van der Waals surface area contributed by atoms with Crippen LogP contribution in [0.5, 0.6) is 0 Å². The van der Waals surface area contributed by atoms with Gasteiger partial charge in [-0.05, 0) is 47.8 Å². The van der Waals surface area contributed by atoms with Crippen LogP contribution in [0.15, 0.2) is 0 Å². The second kappa shape index (κ2) is 8.25. The minimum Gasteiger partial charge on any atom is -0.462 e. The zero-order valence-corrected chi connectivity index (χ0v) is 20.4. The number of hydrogen-bond acceptors (Lipinski definition) is 3. The number of hydrogen-bond donors (Lipinski definition) is 0. The zero-order chi connectivity index (χ0) is 22.1. The third kappa shape index (κ3) is 6.06. The van der Waals surface area contributed by atoms with Crippen molar-refractivity contribution in [2.24, 2.45) is 27.1 Å². The second-order valence-corrected chi connectivity index (χ2v) is 11.9. The zero-order valence-electron chi connectivity index (χ0n) is 20.4. The minimum absolute atomic E-state index is 0.0479. The van der Waals surface area contributed by atoms with Gasteiger partial charge in [0.15, 0.2) is 0 Å². The summed E-state index contributed by atoms with van der Waals surface area (Å²) in [5.41, 5.74) is -0.994. The number of Topliss-reactive ketones (excluding diaryl/α,β-unsaturated/α-hetero) is 1. The van der Waals surface area contributed by atoms with Gasteiger partial charge in [0.05, 0.1) is 0 Å². The molecule has 27 heavy (non-hydrogen) atoms. The highest BCUT2D eigenvalue weighted by Crippen LogP contribution is 2.60. The molecule has 3 heteroatoms. The average molecular weight is 383 g/mol. The lowest BCUT2D eigenvalue weighted by Crippen LogP contribution is -2.54. The summed E-state index contributed by atoms with van der Waals surface area (Å²) in [7, 11) is 0. The van der Waals surface area contributed by atoms with Crippen LogP contribution in [0.3, 0.4) is 0 Å². The molecule has 0 aromatic carbocycles. The van der Waals surface area contributed by atoms with Gasteiger partial charge < -0.3 is 4.74 Å². The van der Waals surface area contributed by atoms with Crippen molar-refractivity contribution in [1.82, 2.24) is 0 Å². The average Bonchev–Trinajstić information content (AvgIpc) is 2.41. The molecular formula is C24H46O3. The lowest BCUT2D eigenvalue weighted by Gasteiger charge is -2.57. The molecule has 0 heterocycles. The second-order valence-electron chi connectivity index (χ2n) is 11.9. The van der Waals surface area contributed by atoms with Crippen LogP contribution in [0.1, 0.15) is 109 Å². The van der Waals surface area contributed by atoms with E-state index < -0.39 is 5.41 Å². The molecule has 3 atom stereocenters.